The van der Waals surface area contributed by atoms with Gasteiger partial charge in [0.15, 0.2) is 4.32 Å². The van der Waals surface area contributed by atoms with Crippen molar-refractivity contribution in [2.75, 3.05) is 4.90 Å². The molecule has 0 N–H and O–H groups in total. The number of benzene rings is 3. The Morgan fingerprint density at radius 2 is 1.74 bits per heavy atom. The zero-order chi connectivity index (χ0) is 25.3. The van der Waals surface area contributed by atoms with Gasteiger partial charge >= 0.3 is 5.69 Å². The van der Waals surface area contributed by atoms with Gasteiger partial charge in [0.2, 0.25) is 5.75 Å². The highest BCUT2D eigenvalue weighted by Gasteiger charge is 2.33. The number of halogens is 2. The van der Waals surface area contributed by atoms with Gasteiger partial charge in [-0.3, -0.25) is 29.9 Å². The van der Waals surface area contributed by atoms with Crippen molar-refractivity contribution in [2.45, 2.75) is 0 Å². The predicted octanol–water partition coefficient (Wildman–Crippen LogP) is 6.49. The number of nitrogens with zero attached hydrogens (tertiary/aromatic N) is 3. The second kappa shape index (κ2) is 9.78. The van der Waals surface area contributed by atoms with Gasteiger partial charge in [0.25, 0.3) is 11.6 Å². The molecule has 4 rings (SSSR count). The van der Waals surface area contributed by atoms with Crippen LogP contribution in [0.3, 0.4) is 0 Å². The van der Waals surface area contributed by atoms with Crippen LogP contribution in [0.4, 0.5) is 21.5 Å². The zero-order valence-electron chi connectivity index (χ0n) is 17.2. The van der Waals surface area contributed by atoms with Gasteiger partial charge in [-0.1, -0.05) is 47.7 Å². The van der Waals surface area contributed by atoms with Gasteiger partial charge in [-0.25, -0.2) is 4.39 Å². The molecule has 1 fully saturated rings. The molecule has 0 radical (unpaired) electrons. The molecule has 35 heavy (non-hydrogen) atoms. The van der Waals surface area contributed by atoms with Crippen LogP contribution in [0, 0.1) is 26.0 Å². The Morgan fingerprint density at radius 3 is 2.37 bits per heavy atom. The average Bonchev–Trinajstić information content (AvgIpc) is 3.09. The molecule has 1 heterocycles. The molecular formula is C22H11ClFN3O6S2. The summed E-state index contributed by atoms with van der Waals surface area (Å²) in [6.07, 6.45) is 1.60. The molecule has 3 aromatic rings. The van der Waals surface area contributed by atoms with Crippen molar-refractivity contribution in [3.63, 3.8) is 0 Å². The predicted molar refractivity (Wildman–Crippen MR) is 133 cm³/mol. The van der Waals surface area contributed by atoms with Gasteiger partial charge in [-0.2, -0.15) is 0 Å². The van der Waals surface area contributed by atoms with Crippen molar-refractivity contribution < 1.29 is 23.8 Å². The minimum Gasteiger partial charge on any atom is -0.450 e. The lowest BCUT2D eigenvalue weighted by atomic mass is 10.2. The highest BCUT2D eigenvalue weighted by molar-refractivity contribution is 8.27. The number of ether oxygens (including phenoxy) is 1. The number of non-ortho nitro benzene ring substituents is 1. The summed E-state index contributed by atoms with van der Waals surface area (Å²) in [5.41, 5.74) is -0.0172. The molecule has 0 bridgehead atoms. The number of hydrogen-bond acceptors (Lipinski definition) is 8. The molecular weight excluding hydrogens is 521 g/mol. The van der Waals surface area contributed by atoms with Crippen LogP contribution in [0.2, 0.25) is 5.02 Å². The zero-order valence-corrected chi connectivity index (χ0v) is 19.6. The van der Waals surface area contributed by atoms with E-state index in [1.54, 1.807) is 18.2 Å². The summed E-state index contributed by atoms with van der Waals surface area (Å²) in [5, 5.41) is 22.0. The minimum absolute atomic E-state index is 0.135. The van der Waals surface area contributed by atoms with Crippen molar-refractivity contribution in [2.24, 2.45) is 0 Å². The Kier molecular flexibility index (Phi) is 6.78. The number of hydrogen-bond donors (Lipinski definition) is 0. The SMILES string of the molecule is O=C1/C(=C\c2ccc(Oc3ccc([N+](=O)[O-])cc3[N+](=O)[O-])cc2)SC(=S)N1c1ccc(F)c(Cl)c1. The Hall–Kier alpha value is -3.87. The first-order chi connectivity index (χ1) is 16.6. The van der Waals surface area contributed by atoms with E-state index in [-0.39, 0.29) is 20.8 Å². The fourth-order valence-corrected chi connectivity index (χ4v) is 4.55. The summed E-state index contributed by atoms with van der Waals surface area (Å²) in [5.74, 6) is -0.929. The van der Waals surface area contributed by atoms with Gasteiger partial charge in [-0.15, -0.1) is 0 Å². The highest BCUT2D eigenvalue weighted by Crippen LogP contribution is 2.38. The van der Waals surface area contributed by atoms with E-state index in [2.05, 4.69) is 0 Å². The van der Waals surface area contributed by atoms with Gasteiger partial charge in [-0.05, 0) is 48.0 Å². The number of carbonyl (C=O) groups excluding carboxylic acids is 1. The molecule has 0 atom stereocenters. The number of thiocarbonyl (C=S) groups is 1. The van der Waals surface area contributed by atoms with E-state index in [0.717, 1.165) is 36.0 Å². The van der Waals surface area contributed by atoms with Crippen molar-refractivity contribution in [3.05, 3.63) is 102 Å². The summed E-state index contributed by atoms with van der Waals surface area (Å²) in [6.45, 7) is 0. The van der Waals surface area contributed by atoms with E-state index in [4.69, 9.17) is 28.6 Å². The maximum Gasteiger partial charge on any atom is 0.318 e. The molecule has 0 aliphatic carbocycles. The maximum atomic E-state index is 13.5. The number of rotatable bonds is 6. The molecule has 1 amide bonds. The fraction of sp³-hybridized carbons (Fsp3) is 0. The summed E-state index contributed by atoms with van der Waals surface area (Å²) in [4.78, 5) is 35.1. The number of carbonyl (C=O) groups is 1. The van der Waals surface area contributed by atoms with Gasteiger partial charge in [0.1, 0.15) is 11.6 Å². The Bertz CT molecular complexity index is 1430. The molecule has 3 aromatic carbocycles. The van der Waals surface area contributed by atoms with Gasteiger partial charge < -0.3 is 4.74 Å². The summed E-state index contributed by atoms with van der Waals surface area (Å²) >= 11 is 12.2. The molecule has 0 spiro atoms. The molecule has 13 heteroatoms. The molecule has 0 aromatic heterocycles. The monoisotopic (exact) mass is 531 g/mol. The van der Waals surface area contributed by atoms with E-state index in [0.29, 0.717) is 16.2 Å². The summed E-state index contributed by atoms with van der Waals surface area (Å²) < 4.78 is 19.3. The average molecular weight is 532 g/mol. The minimum atomic E-state index is -0.771. The number of amides is 1. The maximum absolute atomic E-state index is 13.5. The quantitative estimate of drug-likeness (QED) is 0.153. The van der Waals surface area contributed by atoms with Crippen molar-refractivity contribution in [1.82, 2.24) is 0 Å². The molecule has 1 aliphatic rings. The van der Waals surface area contributed by atoms with Crippen LogP contribution in [0.15, 0.2) is 65.6 Å². The first kappa shape index (κ1) is 24.3. The van der Waals surface area contributed by atoms with Crippen LogP contribution >= 0.6 is 35.6 Å². The van der Waals surface area contributed by atoms with Crippen molar-refractivity contribution in [1.29, 1.82) is 0 Å². The Morgan fingerprint density at radius 1 is 1.03 bits per heavy atom. The lowest BCUT2D eigenvalue weighted by Crippen LogP contribution is -2.27. The molecule has 176 valence electrons. The van der Waals surface area contributed by atoms with E-state index >= 15 is 0 Å². The van der Waals surface area contributed by atoms with Crippen LogP contribution in [-0.4, -0.2) is 20.1 Å². The largest absolute Gasteiger partial charge is 0.450 e. The smallest absolute Gasteiger partial charge is 0.318 e. The van der Waals surface area contributed by atoms with Crippen LogP contribution in [0.5, 0.6) is 11.5 Å². The summed E-state index contributed by atoms with van der Waals surface area (Å²) in [7, 11) is 0. The van der Waals surface area contributed by atoms with Crippen molar-refractivity contribution >= 4 is 68.9 Å². The van der Waals surface area contributed by atoms with E-state index in [1.807, 2.05) is 0 Å². The van der Waals surface area contributed by atoms with E-state index in [9.17, 15) is 29.4 Å². The lowest BCUT2D eigenvalue weighted by Gasteiger charge is -2.14. The summed E-state index contributed by atoms with van der Waals surface area (Å²) in [6, 6.07) is 13.2. The molecule has 0 unspecified atom stereocenters. The molecule has 1 aliphatic heterocycles. The highest BCUT2D eigenvalue weighted by atomic mass is 35.5. The lowest BCUT2D eigenvalue weighted by molar-refractivity contribution is -0.394. The second-order valence-corrected chi connectivity index (χ2v) is 9.04. The van der Waals surface area contributed by atoms with Gasteiger partial charge in [0.05, 0.1) is 31.5 Å². The molecule has 9 nitrogen and oxygen atoms in total. The normalized spacial score (nSPS) is 14.5. The Balaban J connectivity index is 1.54. The third-order valence-corrected chi connectivity index (χ3v) is 6.30. The third-order valence-electron chi connectivity index (χ3n) is 4.71. The topological polar surface area (TPSA) is 116 Å². The van der Waals surface area contributed by atoms with Gasteiger partial charge in [0, 0.05) is 6.07 Å². The molecule has 0 saturated carbocycles. The molecule has 1 saturated heterocycles. The third kappa shape index (κ3) is 5.14. The van der Waals surface area contributed by atoms with E-state index in [1.165, 1.54) is 29.2 Å². The van der Waals surface area contributed by atoms with Crippen molar-refractivity contribution in [3.8, 4) is 11.5 Å². The first-order valence-electron chi connectivity index (χ1n) is 9.58. The first-order valence-corrected chi connectivity index (χ1v) is 11.2. The van der Waals surface area contributed by atoms with Crippen LogP contribution in [-0.2, 0) is 4.79 Å². The Labute approximate surface area is 211 Å². The number of nitro groups is 2. The van der Waals surface area contributed by atoms with Crippen LogP contribution in [0.25, 0.3) is 6.08 Å². The van der Waals surface area contributed by atoms with Crippen LogP contribution in [0.1, 0.15) is 5.56 Å². The number of thioether (sulfide) groups is 1. The number of nitro benzene ring substituents is 2. The van der Waals surface area contributed by atoms with Crippen LogP contribution < -0.4 is 9.64 Å². The number of anilines is 1. The standard InChI is InChI=1S/C22H11ClFN3O6S2/c23-16-10-13(3-7-17(16)24)25-21(28)20(35-22(25)34)9-12-1-5-15(6-2-12)33-19-8-4-14(26(29)30)11-18(19)27(31)32/h1-11H/b20-9+. The fourth-order valence-electron chi connectivity index (χ4n) is 3.07. The second-order valence-electron chi connectivity index (χ2n) is 6.95. The van der Waals surface area contributed by atoms with E-state index < -0.39 is 32.9 Å².